The first kappa shape index (κ1) is 13.9. The SMILES string of the molecule is CCc1cc(NCCCC(C)CO)nc(C)n1. The van der Waals surface area contributed by atoms with Gasteiger partial charge in [0.05, 0.1) is 0 Å². The van der Waals surface area contributed by atoms with E-state index in [1.54, 1.807) is 0 Å². The van der Waals surface area contributed by atoms with Crippen LogP contribution in [0.15, 0.2) is 6.07 Å². The van der Waals surface area contributed by atoms with E-state index in [1.807, 2.05) is 13.0 Å². The molecule has 4 nitrogen and oxygen atoms in total. The second-order valence-electron chi connectivity index (χ2n) is 4.50. The first-order chi connectivity index (χ1) is 8.15. The zero-order valence-corrected chi connectivity index (χ0v) is 11.0. The zero-order valence-electron chi connectivity index (χ0n) is 11.0. The number of hydrogen-bond donors (Lipinski definition) is 2. The molecule has 0 amide bonds. The molecule has 1 aromatic heterocycles. The largest absolute Gasteiger partial charge is 0.396 e. The van der Waals surface area contributed by atoms with Gasteiger partial charge in [-0.05, 0) is 32.1 Å². The molecule has 1 aromatic rings. The predicted molar refractivity (Wildman–Crippen MR) is 70.1 cm³/mol. The number of anilines is 1. The Balaban J connectivity index is 2.38. The first-order valence-electron chi connectivity index (χ1n) is 6.35. The summed E-state index contributed by atoms with van der Waals surface area (Å²) in [6.07, 6.45) is 3.01. The van der Waals surface area contributed by atoms with Crippen molar-refractivity contribution in [1.29, 1.82) is 0 Å². The van der Waals surface area contributed by atoms with Crippen molar-refractivity contribution < 1.29 is 5.11 Å². The van der Waals surface area contributed by atoms with Gasteiger partial charge in [0.1, 0.15) is 11.6 Å². The van der Waals surface area contributed by atoms with Crippen LogP contribution >= 0.6 is 0 Å². The van der Waals surface area contributed by atoms with Crippen LogP contribution < -0.4 is 5.32 Å². The fourth-order valence-electron chi connectivity index (χ4n) is 1.66. The van der Waals surface area contributed by atoms with E-state index in [4.69, 9.17) is 5.11 Å². The predicted octanol–water partition coefficient (Wildman–Crippen LogP) is 2.17. The molecule has 17 heavy (non-hydrogen) atoms. The Morgan fingerprint density at radius 3 is 2.82 bits per heavy atom. The molecule has 1 rings (SSSR count). The molecule has 1 unspecified atom stereocenters. The molecule has 1 heterocycles. The summed E-state index contributed by atoms with van der Waals surface area (Å²) < 4.78 is 0. The van der Waals surface area contributed by atoms with Crippen molar-refractivity contribution >= 4 is 5.82 Å². The number of aryl methyl sites for hydroxylation is 2. The highest BCUT2D eigenvalue weighted by Crippen LogP contribution is 2.09. The summed E-state index contributed by atoms with van der Waals surface area (Å²) in [6.45, 7) is 7.23. The van der Waals surface area contributed by atoms with Crippen LogP contribution in [0.1, 0.15) is 38.2 Å². The van der Waals surface area contributed by atoms with Crippen LogP contribution in [-0.2, 0) is 6.42 Å². The van der Waals surface area contributed by atoms with Crippen molar-refractivity contribution in [2.24, 2.45) is 5.92 Å². The standard InChI is InChI=1S/C13H23N3O/c1-4-12-8-13(16-11(3)15-12)14-7-5-6-10(2)9-17/h8,10,17H,4-7,9H2,1-3H3,(H,14,15,16). The van der Waals surface area contributed by atoms with E-state index in [2.05, 4.69) is 29.1 Å². The normalized spacial score (nSPS) is 12.5. The summed E-state index contributed by atoms with van der Waals surface area (Å²) in [5.74, 6) is 2.11. The summed E-state index contributed by atoms with van der Waals surface area (Å²) in [5, 5.41) is 12.2. The monoisotopic (exact) mass is 237 g/mol. The second-order valence-corrected chi connectivity index (χ2v) is 4.50. The van der Waals surface area contributed by atoms with Gasteiger partial charge in [0.2, 0.25) is 0 Å². The molecule has 0 saturated heterocycles. The van der Waals surface area contributed by atoms with Crippen molar-refractivity contribution in [3.63, 3.8) is 0 Å². The van der Waals surface area contributed by atoms with Gasteiger partial charge in [-0.3, -0.25) is 0 Å². The van der Waals surface area contributed by atoms with E-state index >= 15 is 0 Å². The van der Waals surface area contributed by atoms with E-state index in [0.717, 1.165) is 43.1 Å². The molecule has 0 fully saturated rings. The second kappa shape index (κ2) is 7.22. The lowest BCUT2D eigenvalue weighted by Crippen LogP contribution is -2.08. The lowest BCUT2D eigenvalue weighted by atomic mass is 10.1. The lowest BCUT2D eigenvalue weighted by Gasteiger charge is -2.10. The van der Waals surface area contributed by atoms with Gasteiger partial charge in [0.15, 0.2) is 0 Å². The quantitative estimate of drug-likeness (QED) is 0.714. The average Bonchev–Trinajstić information content (AvgIpc) is 2.33. The lowest BCUT2D eigenvalue weighted by molar-refractivity contribution is 0.229. The minimum Gasteiger partial charge on any atom is -0.396 e. The maximum Gasteiger partial charge on any atom is 0.129 e. The maximum absolute atomic E-state index is 8.91. The molecule has 0 spiro atoms. The van der Waals surface area contributed by atoms with Gasteiger partial charge in [-0.2, -0.15) is 0 Å². The van der Waals surface area contributed by atoms with Crippen LogP contribution in [0.3, 0.4) is 0 Å². The number of hydrogen-bond acceptors (Lipinski definition) is 4. The molecule has 1 atom stereocenters. The van der Waals surface area contributed by atoms with E-state index in [9.17, 15) is 0 Å². The molecule has 0 bridgehead atoms. The van der Waals surface area contributed by atoms with Crippen LogP contribution in [0.4, 0.5) is 5.82 Å². The van der Waals surface area contributed by atoms with Crippen LogP contribution in [0.5, 0.6) is 0 Å². The Kier molecular flexibility index (Phi) is 5.91. The highest BCUT2D eigenvalue weighted by atomic mass is 16.3. The highest BCUT2D eigenvalue weighted by Gasteiger charge is 2.01. The van der Waals surface area contributed by atoms with Crippen LogP contribution in [-0.4, -0.2) is 28.2 Å². The van der Waals surface area contributed by atoms with Gasteiger partial charge < -0.3 is 10.4 Å². The molecule has 0 aromatic carbocycles. The van der Waals surface area contributed by atoms with E-state index in [-0.39, 0.29) is 6.61 Å². The number of nitrogens with one attached hydrogen (secondary N) is 1. The summed E-state index contributed by atoms with van der Waals surface area (Å²) in [4.78, 5) is 8.68. The Hall–Kier alpha value is -1.16. The van der Waals surface area contributed by atoms with Crippen molar-refractivity contribution in [3.05, 3.63) is 17.6 Å². The Labute approximate surface area is 103 Å². The van der Waals surface area contributed by atoms with E-state index in [0.29, 0.717) is 5.92 Å². The van der Waals surface area contributed by atoms with Crippen LogP contribution in [0, 0.1) is 12.8 Å². The van der Waals surface area contributed by atoms with Gasteiger partial charge in [-0.15, -0.1) is 0 Å². The van der Waals surface area contributed by atoms with Gasteiger partial charge in [-0.1, -0.05) is 13.8 Å². The molecule has 0 aliphatic heterocycles. The minimum absolute atomic E-state index is 0.270. The van der Waals surface area contributed by atoms with E-state index in [1.165, 1.54) is 0 Å². The maximum atomic E-state index is 8.91. The van der Waals surface area contributed by atoms with Crippen molar-refractivity contribution in [3.8, 4) is 0 Å². The summed E-state index contributed by atoms with van der Waals surface area (Å²) in [5.41, 5.74) is 1.07. The molecule has 2 N–H and O–H groups in total. The molecule has 0 radical (unpaired) electrons. The summed E-state index contributed by atoms with van der Waals surface area (Å²) in [6, 6.07) is 2.00. The molecule has 96 valence electrons. The van der Waals surface area contributed by atoms with Crippen molar-refractivity contribution in [2.45, 2.75) is 40.0 Å². The molecular weight excluding hydrogens is 214 g/mol. The zero-order chi connectivity index (χ0) is 12.7. The third-order valence-corrected chi connectivity index (χ3v) is 2.74. The Bertz CT molecular complexity index is 341. The van der Waals surface area contributed by atoms with Gasteiger partial charge in [0, 0.05) is 24.9 Å². The van der Waals surface area contributed by atoms with Crippen molar-refractivity contribution in [2.75, 3.05) is 18.5 Å². The number of aromatic nitrogens is 2. The topological polar surface area (TPSA) is 58.0 Å². The molecule has 0 aliphatic rings. The fourth-order valence-corrected chi connectivity index (χ4v) is 1.66. The van der Waals surface area contributed by atoms with Gasteiger partial charge >= 0.3 is 0 Å². The van der Waals surface area contributed by atoms with Gasteiger partial charge in [-0.25, -0.2) is 9.97 Å². The summed E-state index contributed by atoms with van der Waals surface area (Å²) in [7, 11) is 0. The molecule has 4 heteroatoms. The van der Waals surface area contributed by atoms with Crippen molar-refractivity contribution in [1.82, 2.24) is 9.97 Å². The average molecular weight is 237 g/mol. The van der Waals surface area contributed by atoms with Crippen LogP contribution in [0.25, 0.3) is 0 Å². The summed E-state index contributed by atoms with van der Waals surface area (Å²) >= 11 is 0. The minimum atomic E-state index is 0.270. The smallest absolute Gasteiger partial charge is 0.129 e. The third kappa shape index (κ3) is 5.13. The third-order valence-electron chi connectivity index (χ3n) is 2.74. The molecule has 0 aliphatic carbocycles. The number of aliphatic hydroxyl groups excluding tert-OH is 1. The highest BCUT2D eigenvalue weighted by molar-refractivity contribution is 5.35. The number of nitrogens with zero attached hydrogens (tertiary/aromatic N) is 2. The van der Waals surface area contributed by atoms with E-state index < -0.39 is 0 Å². The first-order valence-corrected chi connectivity index (χ1v) is 6.35. The van der Waals surface area contributed by atoms with Crippen LogP contribution in [0.2, 0.25) is 0 Å². The molecule has 0 saturated carbocycles. The number of aliphatic hydroxyl groups is 1. The molecular formula is C13H23N3O. The fraction of sp³-hybridized carbons (Fsp3) is 0.692. The Morgan fingerprint density at radius 2 is 2.18 bits per heavy atom. The number of rotatable bonds is 7. The Morgan fingerprint density at radius 1 is 1.41 bits per heavy atom. The van der Waals surface area contributed by atoms with Gasteiger partial charge in [0.25, 0.3) is 0 Å².